The van der Waals surface area contributed by atoms with Gasteiger partial charge >= 0.3 is 5.97 Å². The van der Waals surface area contributed by atoms with E-state index in [9.17, 15) is 4.79 Å². The molecule has 0 aliphatic rings. The van der Waals surface area contributed by atoms with E-state index in [2.05, 4.69) is 14.7 Å². The maximum absolute atomic E-state index is 11.2. The molecule has 2 rings (SSSR count). The number of esters is 1. The summed E-state index contributed by atoms with van der Waals surface area (Å²) in [7, 11) is 1.31. The van der Waals surface area contributed by atoms with Gasteiger partial charge in [-0.3, -0.25) is 0 Å². The van der Waals surface area contributed by atoms with Crippen molar-refractivity contribution in [1.82, 2.24) is 9.97 Å². The molecule has 86 valence electrons. The van der Waals surface area contributed by atoms with Crippen molar-refractivity contribution in [3.8, 4) is 11.4 Å². The van der Waals surface area contributed by atoms with Crippen LogP contribution in [0.5, 0.6) is 0 Å². The maximum Gasteiger partial charge on any atom is 0.341 e. The van der Waals surface area contributed by atoms with Crippen molar-refractivity contribution >= 4 is 17.6 Å². The number of hydrogen-bond donors (Lipinski definition) is 0. The Kier molecular flexibility index (Phi) is 3.35. The average Bonchev–Trinajstić information content (AvgIpc) is 2.38. The van der Waals surface area contributed by atoms with Crippen LogP contribution in [0.1, 0.15) is 10.4 Å². The highest BCUT2D eigenvalue weighted by Gasteiger charge is 2.07. The molecule has 0 aliphatic carbocycles. The number of carbonyl (C=O) groups is 1. The van der Waals surface area contributed by atoms with E-state index in [1.54, 1.807) is 12.1 Å². The van der Waals surface area contributed by atoms with E-state index < -0.39 is 5.97 Å². The molecule has 0 radical (unpaired) electrons. The molecule has 0 saturated carbocycles. The third-order valence-electron chi connectivity index (χ3n) is 2.16. The largest absolute Gasteiger partial charge is 0.465 e. The van der Waals surface area contributed by atoms with Crippen molar-refractivity contribution in [2.24, 2.45) is 0 Å². The first-order valence-corrected chi connectivity index (χ1v) is 5.25. The van der Waals surface area contributed by atoms with Crippen molar-refractivity contribution in [3.05, 3.63) is 47.2 Å². The van der Waals surface area contributed by atoms with E-state index in [-0.39, 0.29) is 0 Å². The van der Waals surface area contributed by atoms with Gasteiger partial charge in [0.2, 0.25) is 0 Å². The van der Waals surface area contributed by atoms with Crippen LogP contribution >= 0.6 is 11.6 Å². The average molecular weight is 249 g/mol. The Hall–Kier alpha value is -1.94. The van der Waals surface area contributed by atoms with Gasteiger partial charge in [-0.15, -0.1) is 0 Å². The first-order valence-electron chi connectivity index (χ1n) is 4.87. The molecule has 0 spiro atoms. The summed E-state index contributed by atoms with van der Waals surface area (Å²) in [5.74, 6) is 0.0581. The lowest BCUT2D eigenvalue weighted by Crippen LogP contribution is -2.03. The molecule has 0 unspecified atom stereocenters. The SMILES string of the molecule is COC(=O)c1cnc(-c2cccc(Cl)c2)nc1. The number of rotatable bonds is 2. The lowest BCUT2D eigenvalue weighted by atomic mass is 10.2. The number of benzene rings is 1. The summed E-state index contributed by atoms with van der Waals surface area (Å²) in [6, 6.07) is 7.19. The lowest BCUT2D eigenvalue weighted by molar-refractivity contribution is 0.0600. The molecular weight excluding hydrogens is 240 g/mol. The normalized spacial score (nSPS) is 10.0. The van der Waals surface area contributed by atoms with Crippen LogP contribution < -0.4 is 0 Å². The third-order valence-corrected chi connectivity index (χ3v) is 2.39. The van der Waals surface area contributed by atoms with Crippen molar-refractivity contribution < 1.29 is 9.53 Å². The molecule has 0 amide bonds. The van der Waals surface area contributed by atoms with E-state index in [0.29, 0.717) is 16.4 Å². The number of nitrogens with zero attached hydrogens (tertiary/aromatic N) is 2. The summed E-state index contributed by atoms with van der Waals surface area (Å²) >= 11 is 5.87. The van der Waals surface area contributed by atoms with Gasteiger partial charge < -0.3 is 4.74 Å². The molecule has 0 aliphatic heterocycles. The van der Waals surface area contributed by atoms with Gasteiger partial charge in [-0.2, -0.15) is 0 Å². The highest BCUT2D eigenvalue weighted by Crippen LogP contribution is 2.18. The second kappa shape index (κ2) is 4.93. The van der Waals surface area contributed by atoms with Gasteiger partial charge in [-0.25, -0.2) is 14.8 Å². The number of methoxy groups -OCH3 is 1. The molecule has 1 aromatic carbocycles. The van der Waals surface area contributed by atoms with Gasteiger partial charge in [0.15, 0.2) is 5.82 Å². The summed E-state index contributed by atoms with van der Waals surface area (Å²) in [4.78, 5) is 19.4. The van der Waals surface area contributed by atoms with Crippen LogP contribution in [0.25, 0.3) is 11.4 Å². The van der Waals surface area contributed by atoms with Crippen molar-refractivity contribution in [2.45, 2.75) is 0 Å². The van der Waals surface area contributed by atoms with Crippen LogP contribution in [-0.2, 0) is 4.74 Å². The van der Waals surface area contributed by atoms with E-state index in [4.69, 9.17) is 11.6 Å². The summed E-state index contributed by atoms with van der Waals surface area (Å²) in [6.45, 7) is 0. The highest BCUT2D eigenvalue weighted by molar-refractivity contribution is 6.30. The Labute approximate surface area is 103 Å². The second-order valence-corrected chi connectivity index (χ2v) is 3.73. The summed E-state index contributed by atoms with van der Waals surface area (Å²) in [5.41, 5.74) is 1.12. The van der Waals surface area contributed by atoms with Gasteiger partial charge in [0.1, 0.15) is 0 Å². The van der Waals surface area contributed by atoms with Gasteiger partial charge in [0.05, 0.1) is 12.7 Å². The van der Waals surface area contributed by atoms with Crippen molar-refractivity contribution in [1.29, 1.82) is 0 Å². The van der Waals surface area contributed by atoms with Crippen molar-refractivity contribution in [2.75, 3.05) is 7.11 Å². The van der Waals surface area contributed by atoms with Crippen LogP contribution in [0.2, 0.25) is 5.02 Å². The summed E-state index contributed by atoms with van der Waals surface area (Å²) in [6.07, 6.45) is 2.85. The van der Waals surface area contributed by atoms with E-state index in [1.807, 2.05) is 12.1 Å². The Balaban J connectivity index is 2.32. The molecule has 0 saturated heterocycles. The Bertz CT molecular complexity index is 540. The van der Waals surface area contributed by atoms with Gasteiger partial charge in [-0.1, -0.05) is 23.7 Å². The third kappa shape index (κ3) is 2.60. The Morgan fingerprint density at radius 3 is 2.59 bits per heavy atom. The summed E-state index contributed by atoms with van der Waals surface area (Å²) in [5, 5.41) is 0.614. The van der Waals surface area contributed by atoms with Crippen LogP contribution in [0.15, 0.2) is 36.7 Å². The van der Waals surface area contributed by atoms with Crippen LogP contribution in [-0.4, -0.2) is 23.0 Å². The molecule has 2 aromatic rings. The fourth-order valence-electron chi connectivity index (χ4n) is 1.33. The molecule has 0 fully saturated rings. The number of ether oxygens (including phenoxy) is 1. The Morgan fingerprint density at radius 1 is 1.29 bits per heavy atom. The minimum absolute atomic E-state index is 0.318. The zero-order valence-electron chi connectivity index (χ0n) is 9.05. The predicted molar refractivity (Wildman–Crippen MR) is 63.8 cm³/mol. The molecule has 5 heteroatoms. The quantitative estimate of drug-likeness (QED) is 0.767. The molecule has 1 aromatic heterocycles. The monoisotopic (exact) mass is 248 g/mol. The fourth-order valence-corrected chi connectivity index (χ4v) is 1.52. The van der Waals surface area contributed by atoms with Gasteiger partial charge in [0, 0.05) is 23.0 Å². The van der Waals surface area contributed by atoms with Crippen molar-refractivity contribution in [3.63, 3.8) is 0 Å². The van der Waals surface area contributed by atoms with Crippen LogP contribution in [0.4, 0.5) is 0 Å². The molecule has 1 heterocycles. The highest BCUT2D eigenvalue weighted by atomic mass is 35.5. The van der Waals surface area contributed by atoms with Gasteiger partial charge in [-0.05, 0) is 12.1 Å². The van der Waals surface area contributed by atoms with E-state index >= 15 is 0 Å². The first-order chi connectivity index (χ1) is 8.20. The minimum Gasteiger partial charge on any atom is -0.465 e. The topological polar surface area (TPSA) is 52.1 Å². The molecule has 4 nitrogen and oxygen atoms in total. The van der Waals surface area contributed by atoms with Gasteiger partial charge in [0.25, 0.3) is 0 Å². The zero-order valence-corrected chi connectivity index (χ0v) is 9.81. The number of aromatic nitrogens is 2. The molecule has 17 heavy (non-hydrogen) atoms. The smallest absolute Gasteiger partial charge is 0.341 e. The first kappa shape index (κ1) is 11.5. The number of hydrogen-bond acceptors (Lipinski definition) is 4. The Morgan fingerprint density at radius 2 is 2.00 bits per heavy atom. The van der Waals surface area contributed by atoms with Crippen LogP contribution in [0.3, 0.4) is 0 Å². The fraction of sp³-hybridized carbons (Fsp3) is 0.0833. The second-order valence-electron chi connectivity index (χ2n) is 3.30. The molecule has 0 bridgehead atoms. The van der Waals surface area contributed by atoms with E-state index in [1.165, 1.54) is 19.5 Å². The minimum atomic E-state index is -0.456. The molecule has 0 N–H and O–H groups in total. The standard InChI is InChI=1S/C12H9ClN2O2/c1-17-12(16)9-6-14-11(15-7-9)8-3-2-4-10(13)5-8/h2-7H,1H3. The van der Waals surface area contributed by atoms with E-state index in [0.717, 1.165) is 5.56 Å². The summed E-state index contributed by atoms with van der Waals surface area (Å²) < 4.78 is 4.56. The zero-order chi connectivity index (χ0) is 12.3. The number of carbonyl (C=O) groups excluding carboxylic acids is 1. The number of halogens is 1. The van der Waals surface area contributed by atoms with Crippen LogP contribution in [0, 0.1) is 0 Å². The predicted octanol–water partition coefficient (Wildman–Crippen LogP) is 2.58. The maximum atomic E-state index is 11.2. The molecule has 0 atom stereocenters. The molecular formula is C12H9ClN2O2. The lowest BCUT2D eigenvalue weighted by Gasteiger charge is -2.01.